The molecule has 6 nitrogen and oxygen atoms in total. The molecular formula is C29H34O6S. The van der Waals surface area contributed by atoms with E-state index in [0.717, 1.165) is 28.9 Å². The van der Waals surface area contributed by atoms with Crippen molar-refractivity contribution in [1.82, 2.24) is 0 Å². The predicted molar refractivity (Wildman–Crippen MR) is 139 cm³/mol. The molecule has 3 aromatic carbocycles. The van der Waals surface area contributed by atoms with E-state index in [1.807, 2.05) is 45.0 Å². The van der Waals surface area contributed by atoms with E-state index in [0.29, 0.717) is 31.6 Å². The molecule has 0 fully saturated rings. The SMILES string of the molecule is CCc1ccc(O[C@H](C)CCOc2ccc(CCC(=O)OC)c(C)c2)c(S(=O)(=O)c2ccccc2)c1. The first kappa shape index (κ1) is 27.3. The second-order valence-corrected chi connectivity index (χ2v) is 10.6. The summed E-state index contributed by atoms with van der Waals surface area (Å²) in [5, 5.41) is 0. The average Bonchev–Trinajstić information content (AvgIpc) is 2.88. The average molecular weight is 511 g/mol. The molecule has 0 aliphatic carbocycles. The number of rotatable bonds is 12. The lowest BCUT2D eigenvalue weighted by molar-refractivity contribution is -0.140. The molecule has 0 aromatic heterocycles. The molecule has 3 aromatic rings. The van der Waals surface area contributed by atoms with Crippen LogP contribution in [0, 0.1) is 6.92 Å². The number of methoxy groups -OCH3 is 1. The standard InChI is InChI=1S/C29H34O6S/c1-5-23-11-15-27(28(20-23)36(31,32)26-9-7-6-8-10-26)35-22(3)17-18-34-25-14-12-24(21(2)19-25)13-16-29(30)33-4/h6-12,14-15,19-20,22H,5,13,16-18H2,1-4H3/t22-/m1/s1. The highest BCUT2D eigenvalue weighted by Gasteiger charge is 2.23. The second kappa shape index (κ2) is 12.6. The molecule has 0 bridgehead atoms. The molecular weight excluding hydrogens is 476 g/mol. The van der Waals surface area contributed by atoms with Crippen molar-refractivity contribution < 1.29 is 27.4 Å². The summed E-state index contributed by atoms with van der Waals surface area (Å²) in [6, 6.07) is 19.5. The maximum Gasteiger partial charge on any atom is 0.305 e. The first-order valence-electron chi connectivity index (χ1n) is 12.1. The minimum Gasteiger partial charge on any atom is -0.493 e. The van der Waals surface area contributed by atoms with Crippen molar-refractivity contribution in [1.29, 1.82) is 0 Å². The number of ether oxygens (including phenoxy) is 3. The van der Waals surface area contributed by atoms with Crippen LogP contribution in [0.4, 0.5) is 0 Å². The zero-order valence-corrected chi connectivity index (χ0v) is 22.1. The van der Waals surface area contributed by atoms with Crippen LogP contribution in [-0.2, 0) is 32.2 Å². The van der Waals surface area contributed by atoms with E-state index >= 15 is 0 Å². The molecule has 36 heavy (non-hydrogen) atoms. The largest absolute Gasteiger partial charge is 0.493 e. The van der Waals surface area contributed by atoms with E-state index in [4.69, 9.17) is 14.2 Å². The molecule has 7 heteroatoms. The summed E-state index contributed by atoms with van der Waals surface area (Å²) in [4.78, 5) is 11.8. The Morgan fingerprint density at radius 1 is 1.00 bits per heavy atom. The van der Waals surface area contributed by atoms with Crippen LogP contribution in [0.3, 0.4) is 0 Å². The van der Waals surface area contributed by atoms with Crippen molar-refractivity contribution in [2.45, 2.75) is 62.3 Å². The molecule has 0 unspecified atom stereocenters. The summed E-state index contributed by atoms with van der Waals surface area (Å²) in [6.07, 6.45) is 2.00. The normalized spacial score (nSPS) is 12.1. The number of carbonyl (C=O) groups excluding carboxylic acids is 1. The van der Waals surface area contributed by atoms with Crippen LogP contribution in [-0.4, -0.2) is 34.2 Å². The molecule has 0 saturated heterocycles. The van der Waals surface area contributed by atoms with Gasteiger partial charge in [0.1, 0.15) is 16.4 Å². The first-order chi connectivity index (χ1) is 17.2. The van der Waals surface area contributed by atoms with Gasteiger partial charge in [-0.3, -0.25) is 4.79 Å². The summed E-state index contributed by atoms with van der Waals surface area (Å²) >= 11 is 0. The summed E-state index contributed by atoms with van der Waals surface area (Å²) in [7, 11) is -2.33. The van der Waals surface area contributed by atoms with Gasteiger partial charge >= 0.3 is 5.97 Å². The molecule has 0 aliphatic heterocycles. The van der Waals surface area contributed by atoms with Gasteiger partial charge in [0.25, 0.3) is 0 Å². The van der Waals surface area contributed by atoms with Gasteiger partial charge in [0.05, 0.1) is 24.7 Å². The summed E-state index contributed by atoms with van der Waals surface area (Å²) < 4.78 is 43.4. The van der Waals surface area contributed by atoms with Crippen LogP contribution in [0.1, 0.15) is 43.4 Å². The molecule has 0 saturated carbocycles. The van der Waals surface area contributed by atoms with E-state index in [2.05, 4.69) is 0 Å². The maximum absolute atomic E-state index is 13.3. The number of aryl methyl sites for hydroxylation is 3. The fourth-order valence-corrected chi connectivity index (χ4v) is 5.26. The lowest BCUT2D eigenvalue weighted by Crippen LogP contribution is -2.17. The van der Waals surface area contributed by atoms with Crippen LogP contribution < -0.4 is 9.47 Å². The van der Waals surface area contributed by atoms with Crippen molar-refractivity contribution >= 4 is 15.8 Å². The highest BCUT2D eigenvalue weighted by molar-refractivity contribution is 7.91. The van der Waals surface area contributed by atoms with Crippen LogP contribution >= 0.6 is 0 Å². The Balaban J connectivity index is 1.64. The van der Waals surface area contributed by atoms with Crippen molar-refractivity contribution in [3.05, 3.63) is 83.4 Å². The van der Waals surface area contributed by atoms with E-state index in [1.54, 1.807) is 42.5 Å². The lowest BCUT2D eigenvalue weighted by Gasteiger charge is -2.19. The second-order valence-electron chi connectivity index (χ2n) is 8.68. The van der Waals surface area contributed by atoms with Crippen LogP contribution in [0.25, 0.3) is 0 Å². The Labute approximate surface area is 214 Å². The van der Waals surface area contributed by atoms with Gasteiger partial charge in [0.15, 0.2) is 0 Å². The van der Waals surface area contributed by atoms with Crippen LogP contribution in [0.5, 0.6) is 11.5 Å². The highest BCUT2D eigenvalue weighted by Crippen LogP contribution is 2.32. The molecule has 0 heterocycles. The van der Waals surface area contributed by atoms with Crippen molar-refractivity contribution in [3.63, 3.8) is 0 Å². The van der Waals surface area contributed by atoms with Gasteiger partial charge in [-0.25, -0.2) is 8.42 Å². The Morgan fingerprint density at radius 3 is 2.42 bits per heavy atom. The number of esters is 1. The van der Waals surface area contributed by atoms with E-state index < -0.39 is 9.84 Å². The Bertz CT molecular complexity index is 1270. The third-order valence-electron chi connectivity index (χ3n) is 6.02. The smallest absolute Gasteiger partial charge is 0.305 e. The van der Waals surface area contributed by atoms with Gasteiger partial charge in [-0.15, -0.1) is 0 Å². The zero-order chi connectivity index (χ0) is 26.1. The molecule has 1 atom stereocenters. The molecule has 0 radical (unpaired) electrons. The molecule has 0 N–H and O–H groups in total. The number of hydrogen-bond donors (Lipinski definition) is 0. The maximum atomic E-state index is 13.3. The summed E-state index contributed by atoms with van der Waals surface area (Å²) in [5.41, 5.74) is 3.05. The first-order valence-corrected chi connectivity index (χ1v) is 13.6. The molecule has 0 spiro atoms. The van der Waals surface area contributed by atoms with E-state index in [-0.39, 0.29) is 21.9 Å². The fourth-order valence-electron chi connectivity index (χ4n) is 3.80. The number of benzene rings is 3. The molecule has 0 aliphatic rings. The lowest BCUT2D eigenvalue weighted by atomic mass is 10.0. The zero-order valence-electron chi connectivity index (χ0n) is 21.3. The Morgan fingerprint density at radius 2 is 1.75 bits per heavy atom. The highest BCUT2D eigenvalue weighted by atomic mass is 32.2. The summed E-state index contributed by atoms with van der Waals surface area (Å²) in [5.74, 6) is 0.850. The van der Waals surface area contributed by atoms with Gasteiger partial charge in [-0.2, -0.15) is 0 Å². The van der Waals surface area contributed by atoms with Crippen LogP contribution in [0.15, 0.2) is 76.5 Å². The Kier molecular flexibility index (Phi) is 9.53. The quantitative estimate of drug-likeness (QED) is 0.290. The van der Waals surface area contributed by atoms with Gasteiger partial charge in [-0.1, -0.05) is 37.3 Å². The Hall–Kier alpha value is -3.32. The monoisotopic (exact) mass is 510 g/mol. The molecule has 0 amide bonds. The van der Waals surface area contributed by atoms with Crippen LogP contribution in [0.2, 0.25) is 0 Å². The third kappa shape index (κ3) is 7.10. The van der Waals surface area contributed by atoms with Gasteiger partial charge in [0.2, 0.25) is 9.84 Å². The molecule has 3 rings (SSSR count). The number of carbonyl (C=O) groups is 1. The van der Waals surface area contributed by atoms with E-state index in [9.17, 15) is 13.2 Å². The minimum atomic E-state index is -3.72. The topological polar surface area (TPSA) is 78.9 Å². The van der Waals surface area contributed by atoms with Gasteiger partial charge in [0, 0.05) is 12.8 Å². The van der Waals surface area contributed by atoms with Crippen molar-refractivity contribution in [2.24, 2.45) is 0 Å². The summed E-state index contributed by atoms with van der Waals surface area (Å²) in [6.45, 7) is 6.29. The number of sulfone groups is 1. The van der Waals surface area contributed by atoms with E-state index in [1.165, 1.54) is 7.11 Å². The third-order valence-corrected chi connectivity index (χ3v) is 7.81. The minimum absolute atomic E-state index is 0.180. The predicted octanol–water partition coefficient (Wildman–Crippen LogP) is 5.73. The fraction of sp³-hybridized carbons (Fsp3) is 0.345. The molecule has 192 valence electrons. The van der Waals surface area contributed by atoms with Gasteiger partial charge in [-0.05, 0) is 79.8 Å². The van der Waals surface area contributed by atoms with Gasteiger partial charge < -0.3 is 14.2 Å². The number of hydrogen-bond acceptors (Lipinski definition) is 6. The van der Waals surface area contributed by atoms with Crippen molar-refractivity contribution in [3.8, 4) is 11.5 Å². The van der Waals surface area contributed by atoms with Crippen molar-refractivity contribution in [2.75, 3.05) is 13.7 Å².